The van der Waals surface area contributed by atoms with E-state index in [1.165, 1.54) is 51.0 Å². The molecule has 2 fully saturated rings. The molecule has 1 aromatic rings. The lowest BCUT2D eigenvalue weighted by Gasteiger charge is -2.37. The highest BCUT2D eigenvalue weighted by atomic mass is 15.3. The van der Waals surface area contributed by atoms with Crippen LogP contribution in [0.2, 0.25) is 0 Å². The van der Waals surface area contributed by atoms with Crippen LogP contribution >= 0.6 is 0 Å². The topological polar surface area (TPSA) is 6.48 Å². The van der Waals surface area contributed by atoms with E-state index < -0.39 is 0 Å². The second-order valence-electron chi connectivity index (χ2n) is 6.72. The molecular weight excluding hydrogens is 256 g/mol. The zero-order chi connectivity index (χ0) is 14.5. The van der Waals surface area contributed by atoms with Crippen LogP contribution in [0.1, 0.15) is 31.7 Å². The Morgan fingerprint density at radius 3 is 2.48 bits per heavy atom. The van der Waals surface area contributed by atoms with Gasteiger partial charge in [-0.3, -0.25) is 9.80 Å². The van der Waals surface area contributed by atoms with E-state index in [4.69, 9.17) is 0 Å². The molecule has 1 aliphatic carbocycles. The van der Waals surface area contributed by atoms with Crippen molar-refractivity contribution in [2.45, 2.75) is 32.2 Å². The van der Waals surface area contributed by atoms with Gasteiger partial charge in [-0.15, -0.1) is 0 Å². The van der Waals surface area contributed by atoms with E-state index in [-0.39, 0.29) is 0 Å². The van der Waals surface area contributed by atoms with Gasteiger partial charge in [-0.25, -0.2) is 0 Å². The Kier molecular flexibility index (Phi) is 5.10. The van der Waals surface area contributed by atoms with Crippen LogP contribution in [-0.2, 0) is 0 Å². The molecule has 1 heterocycles. The molecule has 21 heavy (non-hydrogen) atoms. The van der Waals surface area contributed by atoms with Gasteiger partial charge in [0, 0.05) is 38.8 Å². The third kappa shape index (κ3) is 4.18. The van der Waals surface area contributed by atoms with Crippen LogP contribution in [0, 0.1) is 5.92 Å². The van der Waals surface area contributed by atoms with E-state index in [0.717, 1.165) is 18.5 Å². The van der Waals surface area contributed by atoms with E-state index in [1.807, 2.05) is 0 Å². The minimum absolute atomic E-state index is 0.877. The average molecular weight is 284 g/mol. The maximum absolute atomic E-state index is 2.74. The van der Waals surface area contributed by atoms with Crippen molar-refractivity contribution in [3.8, 4) is 0 Å². The Bertz CT molecular complexity index is 446. The third-order valence-electron chi connectivity index (χ3n) is 5.06. The summed E-state index contributed by atoms with van der Waals surface area (Å²) in [6, 6.07) is 11.5. The predicted molar refractivity (Wildman–Crippen MR) is 90.3 cm³/mol. The van der Waals surface area contributed by atoms with Gasteiger partial charge in [0.05, 0.1) is 0 Å². The lowest BCUT2D eigenvalue weighted by Crippen LogP contribution is -2.49. The largest absolute Gasteiger partial charge is 0.298 e. The van der Waals surface area contributed by atoms with Crippen molar-refractivity contribution in [1.82, 2.24) is 9.80 Å². The Labute approximate surface area is 129 Å². The summed E-state index contributed by atoms with van der Waals surface area (Å²) >= 11 is 0. The smallest absolute Gasteiger partial charge is 0.0167 e. The summed E-state index contributed by atoms with van der Waals surface area (Å²) in [5.41, 5.74) is 1.30. The highest BCUT2D eigenvalue weighted by Crippen LogP contribution is 2.29. The minimum Gasteiger partial charge on any atom is -0.298 e. The number of hydrogen-bond donors (Lipinski definition) is 0. The minimum atomic E-state index is 0.877. The molecule has 0 spiro atoms. The first kappa shape index (κ1) is 14.8. The molecule has 0 amide bonds. The summed E-state index contributed by atoms with van der Waals surface area (Å²) in [5.74, 6) is 0.946. The summed E-state index contributed by atoms with van der Waals surface area (Å²) in [6.07, 6.45) is 8.83. The summed E-state index contributed by atoms with van der Waals surface area (Å²) in [7, 11) is 0. The highest BCUT2D eigenvalue weighted by molar-refractivity contribution is 5.48. The van der Waals surface area contributed by atoms with Crippen molar-refractivity contribution in [3.05, 3.63) is 42.0 Å². The van der Waals surface area contributed by atoms with Gasteiger partial charge in [-0.2, -0.15) is 0 Å². The molecule has 1 aliphatic heterocycles. The number of nitrogens with zero attached hydrogens (tertiary/aromatic N) is 2. The zero-order valence-corrected chi connectivity index (χ0v) is 13.2. The Morgan fingerprint density at radius 2 is 1.81 bits per heavy atom. The molecular formula is C19H28N2. The molecule has 0 radical (unpaired) electrons. The van der Waals surface area contributed by atoms with E-state index in [1.54, 1.807) is 0 Å². The molecule has 0 aromatic heterocycles. The molecule has 3 rings (SSSR count). The molecule has 2 atom stereocenters. The second-order valence-corrected chi connectivity index (χ2v) is 6.72. The summed E-state index contributed by atoms with van der Waals surface area (Å²) in [6.45, 7) is 8.47. The lowest BCUT2D eigenvalue weighted by molar-refractivity contribution is 0.104. The van der Waals surface area contributed by atoms with Crippen molar-refractivity contribution in [3.63, 3.8) is 0 Å². The molecule has 0 bridgehead atoms. The first-order chi connectivity index (χ1) is 10.3. The lowest BCUT2D eigenvalue weighted by atomic mass is 10.1. The van der Waals surface area contributed by atoms with Gasteiger partial charge in [0.1, 0.15) is 0 Å². The van der Waals surface area contributed by atoms with Crippen LogP contribution < -0.4 is 0 Å². The van der Waals surface area contributed by atoms with Gasteiger partial charge in [0.15, 0.2) is 0 Å². The Hall–Kier alpha value is -1.12. The van der Waals surface area contributed by atoms with Crippen LogP contribution in [0.5, 0.6) is 0 Å². The fraction of sp³-hybridized carbons (Fsp3) is 0.579. The molecule has 0 N–H and O–H groups in total. The normalized spacial score (nSPS) is 28.4. The van der Waals surface area contributed by atoms with Gasteiger partial charge in [0.25, 0.3) is 0 Å². The number of rotatable bonds is 4. The average Bonchev–Trinajstić information content (AvgIpc) is 2.96. The van der Waals surface area contributed by atoms with Gasteiger partial charge in [-0.1, -0.05) is 49.4 Å². The van der Waals surface area contributed by atoms with Crippen LogP contribution in [0.4, 0.5) is 0 Å². The quantitative estimate of drug-likeness (QED) is 0.835. The van der Waals surface area contributed by atoms with E-state index in [0.29, 0.717) is 0 Å². The van der Waals surface area contributed by atoms with Gasteiger partial charge in [0.2, 0.25) is 0 Å². The zero-order valence-electron chi connectivity index (χ0n) is 13.2. The van der Waals surface area contributed by atoms with E-state index in [2.05, 4.69) is 59.2 Å². The first-order valence-electron chi connectivity index (χ1n) is 8.49. The fourth-order valence-corrected chi connectivity index (χ4v) is 3.72. The SMILES string of the molecule is C[C@@H]1CC[C@H](N2CCN(C/C=C/c3ccccc3)CC2)C1. The van der Waals surface area contributed by atoms with Gasteiger partial charge in [-0.05, 0) is 30.7 Å². The molecule has 2 aliphatic rings. The highest BCUT2D eigenvalue weighted by Gasteiger charge is 2.28. The predicted octanol–water partition coefficient (Wildman–Crippen LogP) is 3.51. The van der Waals surface area contributed by atoms with Crippen molar-refractivity contribution >= 4 is 6.08 Å². The van der Waals surface area contributed by atoms with E-state index in [9.17, 15) is 0 Å². The Balaban J connectivity index is 1.41. The van der Waals surface area contributed by atoms with Crippen LogP contribution in [0.25, 0.3) is 6.08 Å². The molecule has 1 saturated carbocycles. The van der Waals surface area contributed by atoms with Gasteiger partial charge >= 0.3 is 0 Å². The molecule has 2 heteroatoms. The van der Waals surface area contributed by atoms with Crippen LogP contribution in [-0.4, -0.2) is 48.6 Å². The monoisotopic (exact) mass is 284 g/mol. The number of piperazine rings is 1. The van der Waals surface area contributed by atoms with Crippen molar-refractivity contribution in [1.29, 1.82) is 0 Å². The van der Waals surface area contributed by atoms with Gasteiger partial charge < -0.3 is 0 Å². The van der Waals surface area contributed by atoms with Crippen LogP contribution in [0.15, 0.2) is 36.4 Å². The summed E-state index contributed by atoms with van der Waals surface area (Å²) in [5, 5.41) is 0. The maximum atomic E-state index is 2.74. The molecule has 1 saturated heterocycles. The summed E-state index contributed by atoms with van der Waals surface area (Å²) in [4.78, 5) is 5.31. The standard InChI is InChI=1S/C19H28N2/c1-17-9-10-19(16-17)21-14-12-20(13-15-21)11-5-8-18-6-3-2-4-7-18/h2-8,17,19H,9-16H2,1H3/b8-5+/t17-,19+/m1/s1. The fourth-order valence-electron chi connectivity index (χ4n) is 3.72. The number of hydrogen-bond acceptors (Lipinski definition) is 2. The number of benzene rings is 1. The molecule has 2 nitrogen and oxygen atoms in total. The molecule has 114 valence electrons. The third-order valence-corrected chi connectivity index (χ3v) is 5.06. The van der Waals surface area contributed by atoms with E-state index >= 15 is 0 Å². The maximum Gasteiger partial charge on any atom is 0.0167 e. The summed E-state index contributed by atoms with van der Waals surface area (Å²) < 4.78 is 0. The first-order valence-corrected chi connectivity index (χ1v) is 8.49. The van der Waals surface area contributed by atoms with Crippen molar-refractivity contribution in [2.75, 3.05) is 32.7 Å². The molecule has 1 aromatic carbocycles. The second kappa shape index (κ2) is 7.24. The van der Waals surface area contributed by atoms with Crippen molar-refractivity contribution in [2.24, 2.45) is 5.92 Å². The van der Waals surface area contributed by atoms with Crippen molar-refractivity contribution < 1.29 is 0 Å². The molecule has 0 unspecified atom stereocenters. The Morgan fingerprint density at radius 1 is 1.05 bits per heavy atom. The van der Waals surface area contributed by atoms with Crippen LogP contribution in [0.3, 0.4) is 0 Å².